The molecule has 46 heavy (non-hydrogen) atoms. The smallest absolute Gasteiger partial charge is 0.417 e. The molecule has 4 aromatic rings. The molecule has 8 rings (SSSR count). The van der Waals surface area contributed by atoms with Gasteiger partial charge in [-0.15, -0.1) is 0 Å². The van der Waals surface area contributed by atoms with Crippen molar-refractivity contribution in [3.05, 3.63) is 41.0 Å². The molecule has 4 fully saturated rings. The highest BCUT2D eigenvalue weighted by molar-refractivity contribution is 6.04. The number of hydrogen-bond acceptors (Lipinski definition) is 9. The van der Waals surface area contributed by atoms with Gasteiger partial charge in [-0.2, -0.15) is 28.4 Å². The lowest BCUT2D eigenvalue weighted by Gasteiger charge is -2.32. The number of morpholine rings is 1. The van der Waals surface area contributed by atoms with Gasteiger partial charge in [-0.3, -0.25) is 4.90 Å². The predicted octanol–water partition coefficient (Wildman–Crippen LogP) is 5.73. The molecule has 0 aliphatic carbocycles. The lowest BCUT2D eigenvalue weighted by Crippen LogP contribution is -2.43. The third-order valence-electron chi connectivity index (χ3n) is 9.80. The lowest BCUT2D eigenvalue weighted by atomic mass is 9.92. The second-order valence-electron chi connectivity index (χ2n) is 12.5. The number of ether oxygens (including phenoxy) is 2. The van der Waals surface area contributed by atoms with Crippen LogP contribution in [0.1, 0.15) is 36.8 Å². The number of anilines is 2. The largest absolute Gasteiger partial charge is 0.461 e. The molecule has 240 valence electrons. The third kappa shape index (κ3) is 4.29. The van der Waals surface area contributed by atoms with Crippen LogP contribution in [-0.4, -0.2) is 71.6 Å². The molecule has 0 amide bonds. The van der Waals surface area contributed by atoms with Crippen molar-refractivity contribution in [3.63, 3.8) is 0 Å². The van der Waals surface area contributed by atoms with Gasteiger partial charge in [0.05, 0.1) is 35.2 Å². The highest BCUT2D eigenvalue weighted by Crippen LogP contribution is 2.48. The molecule has 4 aliphatic heterocycles. The summed E-state index contributed by atoms with van der Waals surface area (Å²) in [7, 11) is 0. The van der Waals surface area contributed by atoms with Gasteiger partial charge < -0.3 is 24.5 Å². The fourth-order valence-electron chi connectivity index (χ4n) is 7.78. The van der Waals surface area contributed by atoms with Crippen LogP contribution in [0, 0.1) is 23.0 Å². The van der Waals surface area contributed by atoms with Crippen LogP contribution in [0.25, 0.3) is 33.0 Å². The Balaban J connectivity index is 1.35. The number of benzene rings is 2. The Morgan fingerprint density at radius 1 is 1.20 bits per heavy atom. The molecule has 0 radical (unpaired) electrons. The van der Waals surface area contributed by atoms with E-state index in [0.29, 0.717) is 32.5 Å². The van der Waals surface area contributed by atoms with E-state index in [9.17, 15) is 27.2 Å². The molecule has 2 bridgehead atoms. The molecule has 4 saturated heterocycles. The Hall–Kier alpha value is -4.29. The summed E-state index contributed by atoms with van der Waals surface area (Å²) < 4.78 is 107. The van der Waals surface area contributed by atoms with E-state index in [4.69, 9.17) is 19.6 Å². The first-order valence-corrected chi connectivity index (χ1v) is 14.9. The van der Waals surface area contributed by atoms with Gasteiger partial charge >= 0.3 is 12.2 Å². The number of nitrogens with zero attached hydrogens (tertiary/aromatic N) is 5. The SMILES string of the molecule is N#Cc1c(N)oc2c(F)ccc(-c3c(C(F)(F)F)cc4c(N5C[C@H]6C[C@@H]5CO6)nc(OC[C@@]56CCCN5C[C@H](F)C6)nc4c3F)c12. The molecular weight excluding hydrogens is 618 g/mol. The number of nitrogens with two attached hydrogens (primary N) is 1. The number of hydrogen-bond donors (Lipinski definition) is 1. The van der Waals surface area contributed by atoms with E-state index in [0.717, 1.165) is 24.6 Å². The summed E-state index contributed by atoms with van der Waals surface area (Å²) in [4.78, 5) is 12.6. The molecule has 6 heterocycles. The second kappa shape index (κ2) is 10.1. The van der Waals surface area contributed by atoms with Crippen molar-refractivity contribution >= 4 is 33.6 Å². The zero-order valence-electron chi connectivity index (χ0n) is 24.1. The van der Waals surface area contributed by atoms with Crippen molar-refractivity contribution in [2.24, 2.45) is 0 Å². The number of nitriles is 1. The number of aromatic nitrogens is 2. The van der Waals surface area contributed by atoms with Crippen molar-refractivity contribution in [3.8, 4) is 23.2 Å². The average molecular weight is 645 g/mol. The zero-order valence-corrected chi connectivity index (χ0v) is 24.1. The number of rotatable bonds is 5. The summed E-state index contributed by atoms with van der Waals surface area (Å²) in [6.45, 7) is 1.64. The first-order valence-electron chi connectivity index (χ1n) is 14.9. The Labute approximate surface area is 257 Å². The van der Waals surface area contributed by atoms with Crippen molar-refractivity contribution in [1.29, 1.82) is 5.26 Å². The first kappa shape index (κ1) is 29.1. The van der Waals surface area contributed by atoms with Gasteiger partial charge in [0.15, 0.2) is 17.2 Å². The van der Waals surface area contributed by atoms with Crippen LogP contribution in [0.15, 0.2) is 22.6 Å². The summed E-state index contributed by atoms with van der Waals surface area (Å²) in [5.74, 6) is -2.83. The molecule has 0 saturated carbocycles. The van der Waals surface area contributed by atoms with Gasteiger partial charge in [0.1, 0.15) is 35.7 Å². The Morgan fingerprint density at radius 3 is 2.74 bits per heavy atom. The lowest BCUT2D eigenvalue weighted by molar-refractivity contribution is -0.137. The van der Waals surface area contributed by atoms with Gasteiger partial charge in [0, 0.05) is 30.5 Å². The fourth-order valence-corrected chi connectivity index (χ4v) is 7.78. The van der Waals surface area contributed by atoms with Crippen molar-refractivity contribution in [2.75, 3.05) is 43.5 Å². The van der Waals surface area contributed by atoms with Gasteiger partial charge in [-0.1, -0.05) is 6.07 Å². The van der Waals surface area contributed by atoms with E-state index in [2.05, 4.69) is 9.97 Å². The molecule has 15 heteroatoms. The molecule has 9 nitrogen and oxygen atoms in total. The quantitative estimate of drug-likeness (QED) is 0.272. The molecule has 4 aliphatic rings. The minimum absolute atomic E-state index is 0.0149. The van der Waals surface area contributed by atoms with E-state index in [-0.39, 0.29) is 48.9 Å². The van der Waals surface area contributed by atoms with Gasteiger partial charge in [-0.05, 0) is 43.5 Å². The standard InChI is InChI=1S/C31H26F6N6O3/c32-14-8-30(4-1-5-42(30)10-14)13-45-29-40-25-18(28(41-29)43-11-16-6-15(43)12-44-16)7-20(31(35,36)37)23(24(25)34)17-2-3-21(33)26-22(17)19(9-38)27(39)46-26/h2-3,7,14-16H,1,4-6,8,10-13,39H2/t14-,15-,16-,30+/m1/s1. The molecule has 0 unspecified atom stereocenters. The van der Waals surface area contributed by atoms with Gasteiger partial charge in [-0.25, -0.2) is 13.2 Å². The highest BCUT2D eigenvalue weighted by atomic mass is 19.4. The molecule has 0 spiro atoms. The number of halogens is 6. The summed E-state index contributed by atoms with van der Waals surface area (Å²) in [5, 5.41) is 9.10. The molecule has 4 atom stereocenters. The summed E-state index contributed by atoms with van der Waals surface area (Å²) in [6.07, 6.45) is -3.88. The van der Waals surface area contributed by atoms with Gasteiger partial charge in [0.25, 0.3) is 0 Å². The van der Waals surface area contributed by atoms with Crippen molar-refractivity contribution in [2.45, 2.75) is 55.7 Å². The van der Waals surface area contributed by atoms with Crippen molar-refractivity contribution in [1.82, 2.24) is 14.9 Å². The first-order chi connectivity index (χ1) is 22.0. The van der Waals surface area contributed by atoms with Crippen LogP contribution in [0.4, 0.5) is 38.0 Å². The van der Waals surface area contributed by atoms with Crippen LogP contribution in [0.5, 0.6) is 6.01 Å². The van der Waals surface area contributed by atoms with E-state index in [1.54, 1.807) is 11.0 Å². The minimum Gasteiger partial charge on any atom is -0.461 e. The summed E-state index contributed by atoms with van der Waals surface area (Å²) in [5.41, 5.74) is 0.904. The normalized spacial score (nSPS) is 26.0. The fraction of sp³-hybridized carbons (Fsp3) is 0.452. The average Bonchev–Trinajstić information content (AvgIpc) is 3.83. The minimum atomic E-state index is -5.09. The second-order valence-corrected chi connectivity index (χ2v) is 12.5. The molecule has 2 aromatic heterocycles. The molecular formula is C31H26F6N6O3. The van der Waals surface area contributed by atoms with E-state index < -0.39 is 74.1 Å². The van der Waals surface area contributed by atoms with Crippen LogP contribution < -0.4 is 15.4 Å². The number of fused-ring (bicyclic) bond motifs is 5. The Kier molecular flexibility index (Phi) is 6.40. The summed E-state index contributed by atoms with van der Waals surface area (Å²) in [6, 6.07) is 3.78. The van der Waals surface area contributed by atoms with Crippen LogP contribution in [-0.2, 0) is 10.9 Å². The Bertz CT molecular complexity index is 1960. The van der Waals surface area contributed by atoms with E-state index in [1.165, 1.54) is 0 Å². The Morgan fingerprint density at radius 2 is 2.02 bits per heavy atom. The predicted molar refractivity (Wildman–Crippen MR) is 153 cm³/mol. The monoisotopic (exact) mass is 644 g/mol. The molecule has 2 N–H and O–H groups in total. The number of alkyl halides is 4. The van der Waals surface area contributed by atoms with Crippen LogP contribution in [0.2, 0.25) is 0 Å². The maximum Gasteiger partial charge on any atom is 0.417 e. The summed E-state index contributed by atoms with van der Waals surface area (Å²) >= 11 is 0. The third-order valence-corrected chi connectivity index (χ3v) is 9.80. The number of nitrogen functional groups attached to an aromatic ring is 1. The van der Waals surface area contributed by atoms with E-state index in [1.807, 2.05) is 4.90 Å². The maximum absolute atomic E-state index is 16.9. The maximum atomic E-state index is 16.9. The topological polar surface area (TPSA) is 114 Å². The number of furan rings is 1. The van der Waals surface area contributed by atoms with Crippen LogP contribution >= 0.6 is 0 Å². The molecule has 2 aromatic carbocycles. The highest BCUT2D eigenvalue weighted by Gasteiger charge is 2.50. The zero-order chi connectivity index (χ0) is 32.1. The van der Waals surface area contributed by atoms with E-state index >= 15 is 4.39 Å². The van der Waals surface area contributed by atoms with Crippen LogP contribution in [0.3, 0.4) is 0 Å². The van der Waals surface area contributed by atoms with Gasteiger partial charge in [0.2, 0.25) is 5.88 Å². The van der Waals surface area contributed by atoms with Crippen molar-refractivity contribution < 1.29 is 40.2 Å².